The van der Waals surface area contributed by atoms with E-state index >= 15 is 0 Å². The van der Waals surface area contributed by atoms with Gasteiger partial charge >= 0.3 is 0 Å². The molecule has 0 bridgehead atoms. The molecule has 1 amide bonds. The number of hydrogen-bond acceptors (Lipinski definition) is 4. The van der Waals surface area contributed by atoms with Crippen LogP contribution < -0.4 is 10.5 Å². The number of carbonyl (C=O) groups excluding carboxylic acids is 1. The van der Waals surface area contributed by atoms with Crippen LogP contribution in [-0.4, -0.2) is 26.7 Å². The number of sulfone groups is 1. The molecule has 106 valence electrons. The van der Waals surface area contributed by atoms with Gasteiger partial charge in [-0.3, -0.25) is 4.79 Å². The molecule has 0 radical (unpaired) electrons. The molecule has 2 N–H and O–H groups in total. The first-order valence-corrected chi connectivity index (χ1v) is 7.87. The zero-order valence-electron chi connectivity index (χ0n) is 11.2. The highest BCUT2D eigenvalue weighted by Gasteiger charge is 2.18. The van der Waals surface area contributed by atoms with Gasteiger partial charge in [0.05, 0.1) is 22.8 Å². The summed E-state index contributed by atoms with van der Waals surface area (Å²) in [5.41, 5.74) is 5.36. The molecule has 0 atom stereocenters. The third-order valence-electron chi connectivity index (χ3n) is 2.51. The summed E-state index contributed by atoms with van der Waals surface area (Å²) in [5.74, 6) is -0.329. The van der Waals surface area contributed by atoms with Crippen LogP contribution in [0.5, 0.6) is 5.75 Å². The highest BCUT2D eigenvalue weighted by Crippen LogP contribution is 2.23. The van der Waals surface area contributed by atoms with Crippen molar-refractivity contribution in [2.24, 2.45) is 5.73 Å². The average molecular weight is 285 g/mol. The van der Waals surface area contributed by atoms with Gasteiger partial charge in [0.25, 0.3) is 5.91 Å². The fourth-order valence-electron chi connectivity index (χ4n) is 1.62. The highest BCUT2D eigenvalue weighted by atomic mass is 32.2. The van der Waals surface area contributed by atoms with Crippen LogP contribution >= 0.6 is 0 Å². The second-order valence-electron chi connectivity index (χ2n) is 4.19. The summed E-state index contributed by atoms with van der Waals surface area (Å²) >= 11 is 0. The number of carbonyl (C=O) groups is 1. The molecular formula is C13H19NO4S. The Morgan fingerprint density at radius 1 is 1.26 bits per heavy atom. The summed E-state index contributed by atoms with van der Waals surface area (Å²) in [6.45, 7) is 4.16. The lowest BCUT2D eigenvalue weighted by Crippen LogP contribution is -2.15. The van der Waals surface area contributed by atoms with Crippen molar-refractivity contribution in [1.82, 2.24) is 0 Å². The first kappa shape index (κ1) is 15.5. The molecule has 19 heavy (non-hydrogen) atoms. The average Bonchev–Trinajstić information content (AvgIpc) is 2.35. The van der Waals surface area contributed by atoms with Crippen LogP contribution in [0.2, 0.25) is 0 Å². The quantitative estimate of drug-likeness (QED) is 0.827. The molecule has 6 heteroatoms. The minimum absolute atomic E-state index is 0.0420. The predicted molar refractivity (Wildman–Crippen MR) is 73.1 cm³/mol. The van der Waals surface area contributed by atoms with Crippen molar-refractivity contribution in [1.29, 1.82) is 0 Å². The topological polar surface area (TPSA) is 86.5 Å². The van der Waals surface area contributed by atoms with Gasteiger partial charge in [0, 0.05) is 0 Å². The molecule has 0 heterocycles. The lowest BCUT2D eigenvalue weighted by atomic mass is 10.2. The molecule has 1 rings (SSSR count). The largest absolute Gasteiger partial charge is 0.493 e. The summed E-state index contributed by atoms with van der Waals surface area (Å²) in [6, 6.07) is 4.22. The third kappa shape index (κ3) is 3.96. The van der Waals surface area contributed by atoms with E-state index in [1.54, 1.807) is 6.92 Å². The number of amides is 1. The van der Waals surface area contributed by atoms with Crippen molar-refractivity contribution in [3.63, 3.8) is 0 Å². The molecular weight excluding hydrogens is 266 g/mol. The fraction of sp³-hybridized carbons (Fsp3) is 0.462. The minimum atomic E-state index is -3.37. The van der Waals surface area contributed by atoms with Gasteiger partial charge in [-0.1, -0.05) is 13.8 Å². The van der Waals surface area contributed by atoms with Crippen LogP contribution in [0.3, 0.4) is 0 Å². The molecule has 1 aromatic rings. The maximum absolute atomic E-state index is 11.9. The van der Waals surface area contributed by atoms with Crippen molar-refractivity contribution in [3.05, 3.63) is 23.8 Å². The molecule has 0 spiro atoms. The van der Waals surface area contributed by atoms with Gasteiger partial charge in [-0.2, -0.15) is 0 Å². The molecule has 0 fully saturated rings. The number of rotatable bonds is 7. The monoisotopic (exact) mass is 285 g/mol. The van der Waals surface area contributed by atoms with Crippen LogP contribution in [-0.2, 0) is 9.84 Å². The van der Waals surface area contributed by atoms with Crippen molar-refractivity contribution < 1.29 is 17.9 Å². The standard InChI is InChI=1S/C13H19NO4S/c1-3-7-18-12-6-5-10(9-11(12)13(14)15)19(16,17)8-4-2/h5-6,9H,3-4,7-8H2,1-2H3,(H2,14,15). The molecule has 5 nitrogen and oxygen atoms in total. The predicted octanol–water partition coefficient (Wildman–Crippen LogP) is 1.76. The molecule has 0 saturated heterocycles. The van der Waals surface area contributed by atoms with E-state index in [2.05, 4.69) is 0 Å². The van der Waals surface area contributed by atoms with E-state index in [0.717, 1.165) is 6.42 Å². The number of hydrogen-bond donors (Lipinski definition) is 1. The zero-order valence-corrected chi connectivity index (χ0v) is 12.0. The Kier molecular flexibility index (Phi) is 5.35. The lowest BCUT2D eigenvalue weighted by molar-refractivity contribution is 0.0996. The molecule has 0 aromatic heterocycles. The van der Waals surface area contributed by atoms with Crippen LogP contribution in [0, 0.1) is 0 Å². The molecule has 0 aliphatic heterocycles. The molecule has 0 aliphatic rings. The third-order valence-corrected chi connectivity index (χ3v) is 4.43. The Balaban J connectivity index is 3.20. The SMILES string of the molecule is CCCOc1ccc(S(=O)(=O)CCC)cc1C(N)=O. The number of primary amides is 1. The van der Waals surface area contributed by atoms with Crippen molar-refractivity contribution in [3.8, 4) is 5.75 Å². The van der Waals surface area contributed by atoms with Gasteiger partial charge in [0.1, 0.15) is 5.75 Å². The van der Waals surface area contributed by atoms with E-state index < -0.39 is 15.7 Å². The highest BCUT2D eigenvalue weighted by molar-refractivity contribution is 7.91. The Labute approximate surface area is 113 Å². The Morgan fingerprint density at radius 2 is 1.95 bits per heavy atom. The van der Waals surface area contributed by atoms with E-state index in [-0.39, 0.29) is 16.2 Å². The first-order valence-electron chi connectivity index (χ1n) is 6.21. The van der Waals surface area contributed by atoms with Crippen molar-refractivity contribution in [2.75, 3.05) is 12.4 Å². The van der Waals surface area contributed by atoms with Gasteiger partial charge in [0.2, 0.25) is 0 Å². The molecule has 0 saturated carbocycles. The smallest absolute Gasteiger partial charge is 0.252 e. The van der Waals surface area contributed by atoms with Crippen LogP contribution in [0.1, 0.15) is 37.0 Å². The van der Waals surface area contributed by atoms with E-state index in [0.29, 0.717) is 18.8 Å². The Hall–Kier alpha value is -1.56. The number of benzene rings is 1. The summed E-state index contributed by atoms with van der Waals surface area (Å²) in [7, 11) is -3.37. The van der Waals surface area contributed by atoms with Gasteiger partial charge < -0.3 is 10.5 Å². The summed E-state index contributed by atoms with van der Waals surface area (Å²) in [5, 5.41) is 0. The van der Waals surface area contributed by atoms with Crippen LogP contribution in [0.25, 0.3) is 0 Å². The van der Waals surface area contributed by atoms with E-state index in [1.165, 1.54) is 18.2 Å². The van der Waals surface area contributed by atoms with E-state index in [4.69, 9.17) is 10.5 Å². The van der Waals surface area contributed by atoms with Crippen LogP contribution in [0.4, 0.5) is 0 Å². The van der Waals surface area contributed by atoms with Crippen molar-refractivity contribution >= 4 is 15.7 Å². The van der Waals surface area contributed by atoms with Crippen molar-refractivity contribution in [2.45, 2.75) is 31.6 Å². The van der Waals surface area contributed by atoms with Gasteiger partial charge in [0.15, 0.2) is 9.84 Å². The molecule has 1 aromatic carbocycles. The minimum Gasteiger partial charge on any atom is -0.493 e. The maximum Gasteiger partial charge on any atom is 0.252 e. The number of nitrogens with two attached hydrogens (primary N) is 1. The summed E-state index contributed by atoms with van der Waals surface area (Å²) in [6.07, 6.45) is 1.30. The zero-order chi connectivity index (χ0) is 14.5. The van der Waals surface area contributed by atoms with Crippen LogP contribution in [0.15, 0.2) is 23.1 Å². The Bertz CT molecular complexity index is 552. The maximum atomic E-state index is 11.9. The summed E-state index contributed by atoms with van der Waals surface area (Å²) in [4.78, 5) is 11.5. The fourth-order valence-corrected chi connectivity index (χ4v) is 2.97. The van der Waals surface area contributed by atoms with Gasteiger partial charge in [-0.15, -0.1) is 0 Å². The normalized spacial score (nSPS) is 11.3. The lowest BCUT2D eigenvalue weighted by Gasteiger charge is -2.10. The molecule has 0 unspecified atom stereocenters. The van der Waals surface area contributed by atoms with E-state index in [1.807, 2.05) is 6.92 Å². The first-order chi connectivity index (χ1) is 8.92. The van der Waals surface area contributed by atoms with Gasteiger partial charge in [-0.25, -0.2) is 8.42 Å². The Morgan fingerprint density at radius 3 is 2.47 bits per heavy atom. The number of ether oxygens (including phenoxy) is 1. The summed E-state index contributed by atoms with van der Waals surface area (Å²) < 4.78 is 29.3. The molecule has 0 aliphatic carbocycles. The van der Waals surface area contributed by atoms with Gasteiger partial charge in [-0.05, 0) is 31.0 Å². The van der Waals surface area contributed by atoms with E-state index in [9.17, 15) is 13.2 Å². The second kappa shape index (κ2) is 6.56. The second-order valence-corrected chi connectivity index (χ2v) is 6.30.